The standard InChI is InChI=1S/C27H26N2O5/c1-33-17-5-16-29-24(23(26(31)27(29)32)25(30)21-12-14-28-15-13-21)20-8-10-22(11-9-20)34-18-19-6-3-2-4-7-19/h2-4,6-15,24,30H,5,16-18H2,1H3. The van der Waals surface area contributed by atoms with E-state index in [9.17, 15) is 14.7 Å². The van der Waals surface area contributed by atoms with Gasteiger partial charge in [0.05, 0.1) is 11.6 Å². The molecule has 1 fully saturated rings. The Morgan fingerprint density at radius 2 is 1.71 bits per heavy atom. The molecule has 1 aliphatic rings. The van der Waals surface area contributed by atoms with Crippen molar-refractivity contribution in [3.8, 4) is 5.75 Å². The summed E-state index contributed by atoms with van der Waals surface area (Å²) in [4.78, 5) is 31.4. The Morgan fingerprint density at radius 1 is 1.00 bits per heavy atom. The average molecular weight is 459 g/mol. The van der Waals surface area contributed by atoms with Crippen molar-refractivity contribution >= 4 is 17.4 Å². The summed E-state index contributed by atoms with van der Waals surface area (Å²) in [5.41, 5.74) is 2.25. The summed E-state index contributed by atoms with van der Waals surface area (Å²) >= 11 is 0. The lowest BCUT2D eigenvalue weighted by atomic mass is 9.95. The second-order valence-corrected chi connectivity index (χ2v) is 7.92. The van der Waals surface area contributed by atoms with Crippen molar-refractivity contribution in [3.63, 3.8) is 0 Å². The molecule has 3 aromatic rings. The van der Waals surface area contributed by atoms with Crippen LogP contribution in [-0.4, -0.2) is 46.9 Å². The second-order valence-electron chi connectivity index (χ2n) is 7.92. The zero-order chi connectivity index (χ0) is 23.9. The van der Waals surface area contributed by atoms with E-state index in [0.717, 1.165) is 5.56 Å². The van der Waals surface area contributed by atoms with E-state index in [1.807, 2.05) is 42.5 Å². The van der Waals surface area contributed by atoms with Crippen molar-refractivity contribution in [2.24, 2.45) is 0 Å². The number of ether oxygens (including phenoxy) is 2. The van der Waals surface area contributed by atoms with Crippen LogP contribution in [0.25, 0.3) is 5.76 Å². The quantitative estimate of drug-likeness (QED) is 0.225. The molecule has 0 bridgehead atoms. The number of pyridine rings is 1. The van der Waals surface area contributed by atoms with Gasteiger partial charge < -0.3 is 19.5 Å². The number of methoxy groups -OCH3 is 1. The molecule has 174 valence electrons. The molecular weight excluding hydrogens is 432 g/mol. The number of Topliss-reactive ketones (excluding diaryl/α,β-unsaturated/α-hetero) is 1. The van der Waals surface area contributed by atoms with Crippen molar-refractivity contribution in [3.05, 3.63) is 101 Å². The number of hydrogen-bond donors (Lipinski definition) is 1. The predicted molar refractivity (Wildman–Crippen MR) is 127 cm³/mol. The molecular formula is C27H26N2O5. The molecule has 2 heterocycles. The van der Waals surface area contributed by atoms with Crippen LogP contribution in [0.15, 0.2) is 84.7 Å². The molecule has 1 atom stereocenters. The fourth-order valence-electron chi connectivity index (χ4n) is 3.99. The molecule has 1 unspecified atom stereocenters. The fraction of sp³-hybridized carbons (Fsp3) is 0.222. The van der Waals surface area contributed by atoms with Gasteiger partial charge in [0.25, 0.3) is 11.7 Å². The number of hydrogen-bond acceptors (Lipinski definition) is 6. The predicted octanol–water partition coefficient (Wildman–Crippen LogP) is 4.12. The van der Waals surface area contributed by atoms with E-state index in [2.05, 4.69) is 4.98 Å². The van der Waals surface area contributed by atoms with Crippen molar-refractivity contribution in [2.45, 2.75) is 19.1 Å². The molecule has 7 nitrogen and oxygen atoms in total. The summed E-state index contributed by atoms with van der Waals surface area (Å²) in [5.74, 6) is -0.898. The minimum absolute atomic E-state index is 0.0616. The number of ketones is 1. The van der Waals surface area contributed by atoms with Gasteiger partial charge in [-0.1, -0.05) is 42.5 Å². The van der Waals surface area contributed by atoms with Gasteiger partial charge in [0.1, 0.15) is 18.1 Å². The fourth-order valence-corrected chi connectivity index (χ4v) is 3.99. The van der Waals surface area contributed by atoms with E-state index in [1.54, 1.807) is 31.4 Å². The second kappa shape index (κ2) is 10.8. The summed E-state index contributed by atoms with van der Waals surface area (Å²) in [6.45, 7) is 1.20. The van der Waals surface area contributed by atoms with Crippen LogP contribution in [0, 0.1) is 0 Å². The van der Waals surface area contributed by atoms with Gasteiger partial charge in [-0.15, -0.1) is 0 Å². The van der Waals surface area contributed by atoms with E-state index in [4.69, 9.17) is 9.47 Å². The molecule has 34 heavy (non-hydrogen) atoms. The maximum Gasteiger partial charge on any atom is 0.295 e. The SMILES string of the molecule is COCCCN1C(=O)C(=O)C(=C(O)c2ccncc2)C1c1ccc(OCc2ccccc2)cc1. The monoisotopic (exact) mass is 458 g/mol. The molecule has 1 aromatic heterocycles. The summed E-state index contributed by atoms with van der Waals surface area (Å²) in [6, 6.07) is 19.6. The van der Waals surface area contributed by atoms with Gasteiger partial charge in [0.2, 0.25) is 0 Å². The summed E-state index contributed by atoms with van der Waals surface area (Å²) in [5, 5.41) is 11.0. The number of aromatic nitrogens is 1. The Kier molecular flexibility index (Phi) is 7.34. The number of carbonyl (C=O) groups is 2. The molecule has 1 N–H and O–H groups in total. The van der Waals surface area contributed by atoms with Gasteiger partial charge in [-0.2, -0.15) is 0 Å². The molecule has 0 saturated carbocycles. The smallest absolute Gasteiger partial charge is 0.295 e. The molecule has 2 aromatic carbocycles. The Morgan fingerprint density at radius 3 is 2.38 bits per heavy atom. The van der Waals surface area contributed by atoms with Crippen LogP contribution in [0.5, 0.6) is 5.75 Å². The summed E-state index contributed by atoms with van der Waals surface area (Å²) in [7, 11) is 1.59. The van der Waals surface area contributed by atoms with Crippen LogP contribution >= 0.6 is 0 Å². The number of carbonyl (C=O) groups excluding carboxylic acids is 2. The molecule has 1 saturated heterocycles. The summed E-state index contributed by atoms with van der Waals surface area (Å²) < 4.78 is 11.0. The molecule has 7 heteroatoms. The van der Waals surface area contributed by atoms with Gasteiger partial charge in [-0.05, 0) is 41.8 Å². The van der Waals surface area contributed by atoms with Gasteiger partial charge in [0, 0.05) is 38.2 Å². The van der Waals surface area contributed by atoms with Crippen LogP contribution in [0.1, 0.15) is 29.2 Å². The Labute approximate surface area is 198 Å². The largest absolute Gasteiger partial charge is 0.507 e. The normalized spacial score (nSPS) is 17.2. The molecule has 1 amide bonds. The van der Waals surface area contributed by atoms with Crippen LogP contribution in [0.2, 0.25) is 0 Å². The third kappa shape index (κ3) is 5.00. The molecule has 0 aliphatic carbocycles. The zero-order valence-corrected chi connectivity index (χ0v) is 18.9. The Balaban J connectivity index is 1.65. The van der Waals surface area contributed by atoms with Crippen molar-refractivity contribution in [1.82, 2.24) is 9.88 Å². The number of benzene rings is 2. The van der Waals surface area contributed by atoms with Gasteiger partial charge in [0.15, 0.2) is 0 Å². The highest BCUT2D eigenvalue weighted by atomic mass is 16.5. The number of rotatable bonds is 9. The van der Waals surface area contributed by atoms with Crippen LogP contribution in [0.4, 0.5) is 0 Å². The van der Waals surface area contributed by atoms with Crippen LogP contribution in [-0.2, 0) is 20.9 Å². The zero-order valence-electron chi connectivity index (χ0n) is 18.9. The third-order valence-electron chi connectivity index (χ3n) is 5.69. The van der Waals surface area contributed by atoms with E-state index in [1.165, 1.54) is 17.3 Å². The number of nitrogens with zero attached hydrogens (tertiary/aromatic N) is 2. The Hall–Kier alpha value is -3.97. The molecule has 1 aliphatic heterocycles. The van der Waals surface area contributed by atoms with Crippen molar-refractivity contribution < 1.29 is 24.2 Å². The van der Waals surface area contributed by atoms with E-state index < -0.39 is 17.7 Å². The minimum atomic E-state index is -0.715. The lowest BCUT2D eigenvalue weighted by Crippen LogP contribution is -2.31. The number of aliphatic hydroxyl groups excluding tert-OH is 1. The first-order chi connectivity index (χ1) is 16.6. The molecule has 0 spiro atoms. The van der Waals surface area contributed by atoms with Crippen LogP contribution in [0.3, 0.4) is 0 Å². The summed E-state index contributed by atoms with van der Waals surface area (Å²) in [6.07, 6.45) is 3.61. The highest BCUT2D eigenvalue weighted by Gasteiger charge is 2.45. The van der Waals surface area contributed by atoms with E-state index in [0.29, 0.717) is 43.1 Å². The maximum atomic E-state index is 13.0. The van der Waals surface area contributed by atoms with Gasteiger partial charge in [-0.3, -0.25) is 14.6 Å². The average Bonchev–Trinajstić information content (AvgIpc) is 3.13. The first kappa shape index (κ1) is 23.2. The number of likely N-dealkylation sites (tertiary alicyclic amines) is 1. The highest BCUT2D eigenvalue weighted by molar-refractivity contribution is 6.46. The molecule has 4 rings (SSSR count). The van der Waals surface area contributed by atoms with Crippen LogP contribution < -0.4 is 4.74 Å². The molecule has 0 radical (unpaired) electrons. The van der Waals surface area contributed by atoms with E-state index in [-0.39, 0.29) is 11.3 Å². The maximum absolute atomic E-state index is 13.0. The first-order valence-corrected chi connectivity index (χ1v) is 11.0. The topological polar surface area (TPSA) is 89.0 Å². The van der Waals surface area contributed by atoms with Gasteiger partial charge >= 0.3 is 0 Å². The lowest BCUT2D eigenvalue weighted by Gasteiger charge is -2.25. The van der Waals surface area contributed by atoms with Gasteiger partial charge in [-0.25, -0.2) is 0 Å². The lowest BCUT2D eigenvalue weighted by molar-refractivity contribution is -0.140. The minimum Gasteiger partial charge on any atom is -0.507 e. The number of aliphatic hydroxyl groups is 1. The highest BCUT2D eigenvalue weighted by Crippen LogP contribution is 2.39. The Bertz CT molecular complexity index is 1160. The first-order valence-electron chi connectivity index (χ1n) is 11.0. The third-order valence-corrected chi connectivity index (χ3v) is 5.69. The van der Waals surface area contributed by atoms with Crippen molar-refractivity contribution in [2.75, 3.05) is 20.3 Å². The van der Waals surface area contributed by atoms with Crippen molar-refractivity contribution in [1.29, 1.82) is 0 Å². The van der Waals surface area contributed by atoms with E-state index >= 15 is 0 Å². The number of amides is 1.